The van der Waals surface area contributed by atoms with Crippen LogP contribution in [0.1, 0.15) is 22.7 Å². The van der Waals surface area contributed by atoms with E-state index in [1.807, 2.05) is 25.1 Å². The van der Waals surface area contributed by atoms with Crippen LogP contribution in [0.5, 0.6) is 0 Å². The molecule has 1 N–H and O–H groups in total. The van der Waals surface area contributed by atoms with E-state index in [1.165, 1.54) is 6.20 Å². The fourth-order valence-electron chi connectivity index (χ4n) is 2.04. The molecule has 1 heterocycles. The zero-order chi connectivity index (χ0) is 13.1. The number of rotatable bonds is 3. The molecule has 2 aromatic rings. The van der Waals surface area contributed by atoms with Crippen molar-refractivity contribution in [2.24, 2.45) is 0 Å². The monoisotopic (exact) mass is 264 g/mol. The van der Waals surface area contributed by atoms with Crippen LogP contribution in [-0.2, 0) is 0 Å². The van der Waals surface area contributed by atoms with Gasteiger partial charge < -0.3 is 5.32 Å². The SMILES string of the molecule is CNC(c1ccncc1F)c1cccc(Cl)c1C. The molecule has 0 spiro atoms. The summed E-state index contributed by atoms with van der Waals surface area (Å²) in [7, 11) is 1.80. The molecule has 4 heteroatoms. The van der Waals surface area contributed by atoms with Crippen molar-refractivity contribution in [3.05, 3.63) is 64.2 Å². The van der Waals surface area contributed by atoms with Gasteiger partial charge in [-0.25, -0.2) is 4.39 Å². The maximum atomic E-state index is 13.8. The van der Waals surface area contributed by atoms with E-state index in [1.54, 1.807) is 19.3 Å². The van der Waals surface area contributed by atoms with Gasteiger partial charge in [0.15, 0.2) is 0 Å². The summed E-state index contributed by atoms with van der Waals surface area (Å²) in [5.41, 5.74) is 2.49. The molecule has 0 aliphatic carbocycles. The first-order valence-electron chi connectivity index (χ1n) is 5.67. The molecular weight excluding hydrogens is 251 g/mol. The smallest absolute Gasteiger partial charge is 0.146 e. The van der Waals surface area contributed by atoms with E-state index < -0.39 is 0 Å². The quantitative estimate of drug-likeness (QED) is 0.918. The number of nitrogens with one attached hydrogen (secondary N) is 1. The number of nitrogens with zero attached hydrogens (tertiary/aromatic N) is 1. The Kier molecular flexibility index (Phi) is 3.94. The lowest BCUT2D eigenvalue weighted by Crippen LogP contribution is -2.20. The molecule has 0 saturated carbocycles. The molecule has 2 rings (SSSR count). The zero-order valence-electron chi connectivity index (χ0n) is 10.2. The minimum absolute atomic E-state index is 0.230. The predicted molar refractivity (Wildman–Crippen MR) is 71.3 cm³/mol. The highest BCUT2D eigenvalue weighted by Gasteiger charge is 2.18. The molecule has 18 heavy (non-hydrogen) atoms. The second-order valence-electron chi connectivity index (χ2n) is 4.07. The topological polar surface area (TPSA) is 24.9 Å². The Balaban J connectivity index is 2.53. The normalized spacial score (nSPS) is 12.4. The summed E-state index contributed by atoms with van der Waals surface area (Å²) >= 11 is 6.11. The van der Waals surface area contributed by atoms with E-state index in [9.17, 15) is 4.39 Å². The molecule has 1 aromatic carbocycles. The molecule has 0 aliphatic heterocycles. The molecule has 1 aromatic heterocycles. The minimum Gasteiger partial charge on any atom is -0.309 e. The predicted octanol–water partition coefficient (Wildman–Crippen LogP) is 3.49. The first kappa shape index (κ1) is 13.0. The van der Waals surface area contributed by atoms with Crippen molar-refractivity contribution in [2.75, 3.05) is 7.05 Å². The number of benzene rings is 1. The van der Waals surface area contributed by atoms with Crippen LogP contribution in [0.2, 0.25) is 5.02 Å². The fourth-order valence-corrected chi connectivity index (χ4v) is 2.22. The van der Waals surface area contributed by atoms with E-state index >= 15 is 0 Å². The Morgan fingerprint density at radius 1 is 1.28 bits per heavy atom. The van der Waals surface area contributed by atoms with Crippen LogP contribution < -0.4 is 5.32 Å². The van der Waals surface area contributed by atoms with Crippen LogP contribution >= 0.6 is 11.6 Å². The highest BCUT2D eigenvalue weighted by molar-refractivity contribution is 6.31. The second-order valence-corrected chi connectivity index (χ2v) is 4.48. The maximum Gasteiger partial charge on any atom is 0.146 e. The molecule has 94 valence electrons. The Hall–Kier alpha value is -1.45. The van der Waals surface area contributed by atoms with Crippen LogP contribution in [0.3, 0.4) is 0 Å². The molecule has 0 bridgehead atoms. The van der Waals surface area contributed by atoms with Gasteiger partial charge in [-0.3, -0.25) is 4.98 Å². The first-order chi connectivity index (χ1) is 8.65. The second kappa shape index (κ2) is 5.46. The standard InChI is InChI=1S/C14H14ClFN2/c1-9-10(4-3-5-12(9)15)14(17-2)11-6-7-18-8-13(11)16/h3-8,14,17H,1-2H3. The van der Waals surface area contributed by atoms with Crippen molar-refractivity contribution >= 4 is 11.6 Å². The molecule has 0 fully saturated rings. The van der Waals surface area contributed by atoms with Gasteiger partial charge in [-0.1, -0.05) is 23.7 Å². The van der Waals surface area contributed by atoms with Gasteiger partial charge in [0.05, 0.1) is 12.2 Å². The van der Waals surface area contributed by atoms with Crippen molar-refractivity contribution in [1.82, 2.24) is 10.3 Å². The summed E-state index contributed by atoms with van der Waals surface area (Å²) in [6.07, 6.45) is 2.81. The van der Waals surface area contributed by atoms with Gasteiger partial charge >= 0.3 is 0 Å². The Morgan fingerprint density at radius 3 is 2.72 bits per heavy atom. The number of hydrogen-bond acceptors (Lipinski definition) is 2. The largest absolute Gasteiger partial charge is 0.309 e. The summed E-state index contributed by atoms with van der Waals surface area (Å²) in [4.78, 5) is 3.77. The molecule has 1 unspecified atom stereocenters. The summed E-state index contributed by atoms with van der Waals surface area (Å²) < 4.78 is 13.8. The minimum atomic E-state index is -0.323. The molecule has 1 atom stereocenters. The Labute approximate surface area is 111 Å². The number of aromatic nitrogens is 1. The lowest BCUT2D eigenvalue weighted by molar-refractivity contribution is 0.570. The van der Waals surface area contributed by atoms with E-state index in [0.29, 0.717) is 10.6 Å². The van der Waals surface area contributed by atoms with Gasteiger partial charge in [0.2, 0.25) is 0 Å². The molecule has 0 saturated heterocycles. The maximum absolute atomic E-state index is 13.8. The summed E-state index contributed by atoms with van der Waals surface area (Å²) in [6.45, 7) is 1.93. The van der Waals surface area contributed by atoms with E-state index in [0.717, 1.165) is 11.1 Å². The third-order valence-electron chi connectivity index (χ3n) is 3.02. The Morgan fingerprint density at radius 2 is 2.06 bits per heavy atom. The van der Waals surface area contributed by atoms with Crippen LogP contribution in [0, 0.1) is 12.7 Å². The molecule has 2 nitrogen and oxygen atoms in total. The molecule has 0 aliphatic rings. The lowest BCUT2D eigenvalue weighted by atomic mass is 9.95. The molecule has 0 amide bonds. The molecule has 0 radical (unpaired) electrons. The summed E-state index contributed by atoms with van der Waals surface area (Å²) in [5.74, 6) is -0.323. The van der Waals surface area contributed by atoms with E-state index in [-0.39, 0.29) is 11.9 Å². The summed E-state index contributed by atoms with van der Waals surface area (Å²) in [6, 6.07) is 7.09. The third kappa shape index (κ3) is 2.37. The van der Waals surface area contributed by atoms with Crippen molar-refractivity contribution < 1.29 is 4.39 Å². The van der Waals surface area contributed by atoms with E-state index in [4.69, 9.17) is 11.6 Å². The van der Waals surface area contributed by atoms with Gasteiger partial charge in [-0.2, -0.15) is 0 Å². The van der Waals surface area contributed by atoms with Gasteiger partial charge in [0.25, 0.3) is 0 Å². The first-order valence-corrected chi connectivity index (χ1v) is 6.04. The highest BCUT2D eigenvalue weighted by Crippen LogP contribution is 2.29. The average Bonchev–Trinajstić information content (AvgIpc) is 2.37. The van der Waals surface area contributed by atoms with E-state index in [2.05, 4.69) is 10.3 Å². The van der Waals surface area contributed by atoms with Crippen molar-refractivity contribution in [3.63, 3.8) is 0 Å². The van der Waals surface area contributed by atoms with Crippen molar-refractivity contribution in [1.29, 1.82) is 0 Å². The highest BCUT2D eigenvalue weighted by atomic mass is 35.5. The van der Waals surface area contributed by atoms with Gasteiger partial charge in [-0.15, -0.1) is 0 Å². The summed E-state index contributed by atoms with van der Waals surface area (Å²) in [5, 5.41) is 3.80. The third-order valence-corrected chi connectivity index (χ3v) is 3.43. The van der Waals surface area contributed by atoms with Crippen molar-refractivity contribution in [2.45, 2.75) is 13.0 Å². The van der Waals surface area contributed by atoms with Crippen LogP contribution in [0.25, 0.3) is 0 Å². The number of halogens is 2. The Bertz CT molecular complexity index is 557. The van der Waals surface area contributed by atoms with Gasteiger partial charge in [0.1, 0.15) is 5.82 Å². The van der Waals surface area contributed by atoms with Crippen molar-refractivity contribution in [3.8, 4) is 0 Å². The average molecular weight is 265 g/mol. The van der Waals surface area contributed by atoms with Crippen LogP contribution in [-0.4, -0.2) is 12.0 Å². The fraction of sp³-hybridized carbons (Fsp3) is 0.214. The van der Waals surface area contributed by atoms with Crippen LogP contribution in [0.15, 0.2) is 36.7 Å². The lowest BCUT2D eigenvalue weighted by Gasteiger charge is -2.20. The molecular formula is C14H14ClFN2. The van der Waals surface area contributed by atoms with Gasteiger partial charge in [0, 0.05) is 16.8 Å². The number of hydrogen-bond donors (Lipinski definition) is 1. The number of pyridine rings is 1. The zero-order valence-corrected chi connectivity index (χ0v) is 11.0. The van der Waals surface area contributed by atoms with Crippen LogP contribution in [0.4, 0.5) is 4.39 Å². The van der Waals surface area contributed by atoms with Gasteiger partial charge in [-0.05, 0) is 37.2 Å².